The molecule has 0 aromatic heterocycles. The van der Waals surface area contributed by atoms with Gasteiger partial charge in [-0.15, -0.1) is 0 Å². The van der Waals surface area contributed by atoms with Gasteiger partial charge < -0.3 is 0 Å². The fourth-order valence-corrected chi connectivity index (χ4v) is 3.46. The van der Waals surface area contributed by atoms with E-state index in [0.29, 0.717) is 6.42 Å². The first-order valence-corrected chi connectivity index (χ1v) is 6.61. The van der Waals surface area contributed by atoms with Gasteiger partial charge in [0.25, 0.3) is 0 Å². The third-order valence-electron chi connectivity index (χ3n) is 4.11. The molecule has 0 amide bonds. The second-order valence-corrected chi connectivity index (χ2v) is 6.27. The van der Waals surface area contributed by atoms with Crippen LogP contribution in [0.5, 0.6) is 0 Å². The van der Waals surface area contributed by atoms with Crippen LogP contribution in [0, 0.1) is 10.8 Å². The van der Waals surface area contributed by atoms with E-state index in [4.69, 9.17) is 0 Å². The van der Waals surface area contributed by atoms with Crippen LogP contribution in [-0.4, -0.2) is 49.0 Å². The third kappa shape index (κ3) is 3.40. The van der Waals surface area contributed by atoms with E-state index in [-0.39, 0.29) is 6.54 Å². The van der Waals surface area contributed by atoms with Crippen molar-refractivity contribution in [3.63, 3.8) is 0 Å². The number of aliphatic imine (C=N–C) groups is 4. The fraction of sp³-hybridized carbons (Fsp3) is 0.714. The molecule has 22 heavy (non-hydrogen) atoms. The summed E-state index contributed by atoms with van der Waals surface area (Å²) in [5, 5.41) is 0. The normalized spacial score (nSPS) is 32.4. The van der Waals surface area contributed by atoms with Gasteiger partial charge in [0.05, 0.1) is 18.6 Å². The number of hydrogen-bond donors (Lipinski definition) is 0. The van der Waals surface area contributed by atoms with Crippen molar-refractivity contribution in [3.05, 3.63) is 0 Å². The topological polar surface area (TPSA) is 118 Å². The Morgan fingerprint density at radius 2 is 1.41 bits per heavy atom. The first-order valence-electron chi connectivity index (χ1n) is 6.61. The molecule has 4 atom stereocenters. The van der Waals surface area contributed by atoms with E-state index in [1.807, 2.05) is 13.8 Å². The lowest BCUT2D eigenvalue weighted by Crippen LogP contribution is -2.58. The highest BCUT2D eigenvalue weighted by Gasteiger charge is 2.55. The second-order valence-electron chi connectivity index (χ2n) is 6.27. The van der Waals surface area contributed by atoms with Gasteiger partial charge in [0.1, 0.15) is 6.04 Å². The van der Waals surface area contributed by atoms with Crippen molar-refractivity contribution in [1.82, 2.24) is 0 Å². The molecule has 1 fully saturated rings. The molecule has 1 aliphatic carbocycles. The Balaban J connectivity index is 3.51. The second kappa shape index (κ2) is 6.99. The maximum atomic E-state index is 10.8. The van der Waals surface area contributed by atoms with Gasteiger partial charge in [0, 0.05) is 5.41 Å². The molecular formula is C14H16N4O4. The lowest BCUT2D eigenvalue weighted by atomic mass is 9.58. The average Bonchev–Trinajstić information content (AvgIpc) is 2.45. The summed E-state index contributed by atoms with van der Waals surface area (Å²) in [7, 11) is 0. The quantitative estimate of drug-likeness (QED) is 0.553. The number of carbonyl (C=O) groups excluding carboxylic acids is 4. The highest BCUT2D eigenvalue weighted by Crippen LogP contribution is 2.49. The molecule has 1 rings (SSSR count). The van der Waals surface area contributed by atoms with Gasteiger partial charge in [0.15, 0.2) is 0 Å². The summed E-state index contributed by atoms with van der Waals surface area (Å²) in [5.41, 5.74) is -1.29. The fourth-order valence-electron chi connectivity index (χ4n) is 3.46. The van der Waals surface area contributed by atoms with Crippen molar-refractivity contribution < 1.29 is 19.2 Å². The van der Waals surface area contributed by atoms with Gasteiger partial charge in [0.2, 0.25) is 24.3 Å². The molecule has 1 aliphatic rings. The zero-order valence-corrected chi connectivity index (χ0v) is 12.6. The Bertz CT molecular complexity index is 621. The van der Waals surface area contributed by atoms with Crippen molar-refractivity contribution in [2.45, 2.75) is 45.3 Å². The summed E-state index contributed by atoms with van der Waals surface area (Å²) < 4.78 is 0. The standard InChI is InChI=1S/C14H16N4O4/c1-13(2)4-14(3,5-15-6-19)12(18-9-22)10(16-7-20)11(13)17-8-21/h10-12H,4-5H2,1-3H3. The number of isocyanates is 4. The Hall–Kier alpha value is -2.48. The maximum Gasteiger partial charge on any atom is 0.235 e. The minimum absolute atomic E-state index is 0.0537. The molecule has 0 bridgehead atoms. The number of hydrogen-bond acceptors (Lipinski definition) is 8. The van der Waals surface area contributed by atoms with Gasteiger partial charge in [-0.1, -0.05) is 20.8 Å². The van der Waals surface area contributed by atoms with E-state index in [1.54, 1.807) is 6.92 Å². The third-order valence-corrected chi connectivity index (χ3v) is 4.11. The Kier molecular flexibility index (Phi) is 5.58. The van der Waals surface area contributed by atoms with Crippen molar-refractivity contribution in [3.8, 4) is 0 Å². The van der Waals surface area contributed by atoms with Crippen molar-refractivity contribution in [2.75, 3.05) is 6.54 Å². The Labute approximate surface area is 127 Å². The van der Waals surface area contributed by atoms with E-state index in [1.165, 1.54) is 24.3 Å². The predicted molar refractivity (Wildman–Crippen MR) is 75.2 cm³/mol. The molecule has 0 N–H and O–H groups in total. The average molecular weight is 304 g/mol. The summed E-state index contributed by atoms with van der Waals surface area (Å²) in [4.78, 5) is 57.4. The van der Waals surface area contributed by atoms with E-state index >= 15 is 0 Å². The molecule has 4 unspecified atom stereocenters. The van der Waals surface area contributed by atoms with Crippen LogP contribution in [0.25, 0.3) is 0 Å². The monoisotopic (exact) mass is 304 g/mol. The summed E-state index contributed by atoms with van der Waals surface area (Å²) in [6.07, 6.45) is 6.26. The molecule has 0 radical (unpaired) electrons. The van der Waals surface area contributed by atoms with Crippen molar-refractivity contribution in [1.29, 1.82) is 0 Å². The molecular weight excluding hydrogens is 288 g/mol. The molecule has 8 heteroatoms. The van der Waals surface area contributed by atoms with Crippen LogP contribution >= 0.6 is 0 Å². The maximum absolute atomic E-state index is 10.8. The first-order chi connectivity index (χ1) is 10.4. The Morgan fingerprint density at radius 1 is 0.864 bits per heavy atom. The number of nitrogens with zero attached hydrogens (tertiary/aromatic N) is 4. The van der Waals surface area contributed by atoms with Crippen LogP contribution < -0.4 is 0 Å². The van der Waals surface area contributed by atoms with Gasteiger partial charge in [-0.25, -0.2) is 24.2 Å². The molecule has 0 aromatic carbocycles. The van der Waals surface area contributed by atoms with E-state index in [2.05, 4.69) is 20.0 Å². The molecule has 1 saturated carbocycles. The zero-order valence-electron chi connectivity index (χ0n) is 12.6. The summed E-state index contributed by atoms with van der Waals surface area (Å²) in [5.74, 6) is 0. The van der Waals surface area contributed by atoms with Crippen LogP contribution in [0.1, 0.15) is 27.2 Å². The summed E-state index contributed by atoms with van der Waals surface area (Å²) in [6, 6.07) is -2.38. The van der Waals surface area contributed by atoms with Crippen LogP contribution in [-0.2, 0) is 19.2 Å². The summed E-state index contributed by atoms with van der Waals surface area (Å²) in [6.45, 7) is 5.51. The zero-order chi connectivity index (χ0) is 16.8. The largest absolute Gasteiger partial charge is 0.235 e. The molecule has 0 aliphatic heterocycles. The van der Waals surface area contributed by atoms with E-state index in [9.17, 15) is 19.2 Å². The van der Waals surface area contributed by atoms with Crippen LogP contribution in [0.3, 0.4) is 0 Å². The minimum Gasteiger partial charge on any atom is -0.211 e. The van der Waals surface area contributed by atoms with Crippen molar-refractivity contribution >= 4 is 24.3 Å². The number of rotatable bonds is 5. The van der Waals surface area contributed by atoms with Crippen molar-refractivity contribution in [2.24, 2.45) is 30.8 Å². The van der Waals surface area contributed by atoms with Crippen LogP contribution in [0.2, 0.25) is 0 Å². The molecule has 0 spiro atoms. The highest BCUT2D eigenvalue weighted by molar-refractivity contribution is 5.40. The van der Waals surface area contributed by atoms with Gasteiger partial charge in [-0.05, 0) is 11.8 Å². The molecule has 8 nitrogen and oxygen atoms in total. The first kappa shape index (κ1) is 17.6. The molecule has 0 heterocycles. The molecule has 0 aromatic rings. The lowest BCUT2D eigenvalue weighted by Gasteiger charge is -2.50. The van der Waals surface area contributed by atoms with Crippen LogP contribution in [0.4, 0.5) is 0 Å². The lowest BCUT2D eigenvalue weighted by molar-refractivity contribution is 0.0482. The van der Waals surface area contributed by atoms with Gasteiger partial charge in [-0.3, -0.25) is 0 Å². The SMILES string of the molecule is CC1(C)CC(C)(CN=C=O)C(N=C=O)C(N=C=O)C1N=C=O. The Morgan fingerprint density at radius 3 is 1.91 bits per heavy atom. The minimum atomic E-state index is -0.879. The smallest absolute Gasteiger partial charge is 0.211 e. The summed E-state index contributed by atoms with van der Waals surface area (Å²) >= 11 is 0. The van der Waals surface area contributed by atoms with E-state index in [0.717, 1.165) is 0 Å². The molecule has 116 valence electrons. The van der Waals surface area contributed by atoms with Crippen LogP contribution in [0.15, 0.2) is 20.0 Å². The van der Waals surface area contributed by atoms with E-state index < -0.39 is 29.0 Å². The highest BCUT2D eigenvalue weighted by atomic mass is 16.1. The van der Waals surface area contributed by atoms with Gasteiger partial charge >= 0.3 is 0 Å². The molecule has 0 saturated heterocycles. The van der Waals surface area contributed by atoms with Gasteiger partial charge in [-0.2, -0.15) is 15.0 Å². The predicted octanol–water partition coefficient (Wildman–Crippen LogP) is 0.872.